The Hall–Kier alpha value is -0.740. The Labute approximate surface area is 96.3 Å². The Morgan fingerprint density at radius 1 is 1.00 bits per heavy atom. The van der Waals surface area contributed by atoms with E-state index in [1.165, 1.54) is 0 Å². The minimum Gasteiger partial charge on any atom is -0.381 e. The Bertz CT molecular complexity index is 203. The van der Waals surface area contributed by atoms with Gasteiger partial charge < -0.3 is 9.47 Å². The molecule has 4 nitrogen and oxygen atoms in total. The molecule has 0 radical (unpaired) electrons. The zero-order chi connectivity index (χ0) is 11.6. The molecule has 0 spiro atoms. The minimum atomic E-state index is -0.516. The molecule has 0 aliphatic carbocycles. The van der Waals surface area contributed by atoms with Crippen LogP contribution < -0.4 is 0 Å². The highest BCUT2D eigenvalue weighted by atomic mass is 16.5. The summed E-state index contributed by atoms with van der Waals surface area (Å²) in [4.78, 5) is 21.7. The van der Waals surface area contributed by atoms with Gasteiger partial charge in [0, 0.05) is 19.8 Å². The molecule has 92 valence electrons. The molecule has 0 aromatic rings. The lowest BCUT2D eigenvalue weighted by atomic mass is 10.1. The van der Waals surface area contributed by atoms with Gasteiger partial charge in [-0.05, 0) is 25.7 Å². The first kappa shape index (κ1) is 13.3. The molecular weight excluding hydrogens is 208 g/mol. The third-order valence-electron chi connectivity index (χ3n) is 2.69. The molecule has 0 bridgehead atoms. The molecule has 16 heavy (non-hydrogen) atoms. The average Bonchev–Trinajstić information content (AvgIpc) is 2.29. The summed E-state index contributed by atoms with van der Waals surface area (Å²) < 4.78 is 10.9. The van der Waals surface area contributed by atoms with E-state index in [1.54, 1.807) is 0 Å². The van der Waals surface area contributed by atoms with Crippen molar-refractivity contribution in [1.29, 1.82) is 0 Å². The smallest absolute Gasteiger partial charge is 0.223 e. The fourth-order valence-corrected chi connectivity index (χ4v) is 1.73. The molecule has 1 rings (SSSR count). The zero-order valence-electron chi connectivity index (χ0n) is 9.65. The summed E-state index contributed by atoms with van der Waals surface area (Å²) in [6.07, 6.45) is 5.28. The van der Waals surface area contributed by atoms with Crippen LogP contribution in [0.1, 0.15) is 38.5 Å². The van der Waals surface area contributed by atoms with Gasteiger partial charge in [-0.1, -0.05) is 12.8 Å². The summed E-state index contributed by atoms with van der Waals surface area (Å²) in [7, 11) is 0. The van der Waals surface area contributed by atoms with E-state index in [9.17, 15) is 9.59 Å². The van der Waals surface area contributed by atoms with Crippen LogP contribution >= 0.6 is 0 Å². The zero-order valence-corrected chi connectivity index (χ0v) is 9.65. The van der Waals surface area contributed by atoms with Crippen molar-refractivity contribution in [2.24, 2.45) is 0 Å². The molecule has 1 atom stereocenters. The standard InChI is InChI=1S/C12H20O4/c13-10-11(14)12-6-2-1-3-7-15-8-4-5-9-16-12/h10,12H,1-9H2. The maximum atomic E-state index is 11.3. The van der Waals surface area contributed by atoms with Gasteiger partial charge in [0.2, 0.25) is 5.78 Å². The summed E-state index contributed by atoms with van der Waals surface area (Å²) in [6.45, 7) is 2.09. The lowest BCUT2D eigenvalue weighted by Crippen LogP contribution is -2.26. The van der Waals surface area contributed by atoms with Gasteiger partial charge in [0.05, 0.1) is 0 Å². The number of rotatable bonds is 2. The van der Waals surface area contributed by atoms with Gasteiger partial charge in [0.15, 0.2) is 6.29 Å². The molecule has 0 aromatic carbocycles. The fourth-order valence-electron chi connectivity index (χ4n) is 1.73. The summed E-state index contributed by atoms with van der Waals surface area (Å²) in [6, 6.07) is 0. The molecule has 1 saturated heterocycles. The van der Waals surface area contributed by atoms with Crippen LogP contribution in [0, 0.1) is 0 Å². The van der Waals surface area contributed by atoms with Gasteiger partial charge in [-0.25, -0.2) is 0 Å². The maximum Gasteiger partial charge on any atom is 0.223 e. The molecule has 0 aromatic heterocycles. The first-order valence-electron chi connectivity index (χ1n) is 6.03. The summed E-state index contributed by atoms with van der Waals surface area (Å²) >= 11 is 0. The molecule has 1 aliphatic rings. The van der Waals surface area contributed by atoms with Crippen LogP contribution in [0.2, 0.25) is 0 Å². The SMILES string of the molecule is O=CC(=O)C1CCCCCOCCCCO1. The quantitative estimate of drug-likeness (QED) is 0.531. The topological polar surface area (TPSA) is 52.6 Å². The molecular formula is C12H20O4. The number of Topliss-reactive ketones (excluding diaryl/α,β-unsaturated/α-hetero) is 1. The van der Waals surface area contributed by atoms with E-state index in [1.807, 2.05) is 0 Å². The molecule has 0 amide bonds. The summed E-state index contributed by atoms with van der Waals surface area (Å²) in [5, 5.41) is 0. The largest absolute Gasteiger partial charge is 0.381 e. The first-order valence-corrected chi connectivity index (χ1v) is 6.03. The van der Waals surface area contributed by atoms with Gasteiger partial charge in [-0.2, -0.15) is 0 Å². The lowest BCUT2D eigenvalue weighted by Gasteiger charge is -2.15. The second-order valence-corrected chi connectivity index (χ2v) is 4.05. The van der Waals surface area contributed by atoms with Gasteiger partial charge in [0.25, 0.3) is 0 Å². The Morgan fingerprint density at radius 3 is 2.44 bits per heavy atom. The Balaban J connectivity index is 2.35. The van der Waals surface area contributed by atoms with E-state index in [4.69, 9.17) is 9.47 Å². The van der Waals surface area contributed by atoms with Crippen LogP contribution in [-0.2, 0) is 19.1 Å². The van der Waals surface area contributed by atoms with Gasteiger partial charge >= 0.3 is 0 Å². The monoisotopic (exact) mass is 228 g/mol. The van der Waals surface area contributed by atoms with Crippen molar-refractivity contribution >= 4 is 12.1 Å². The van der Waals surface area contributed by atoms with Crippen molar-refractivity contribution in [3.63, 3.8) is 0 Å². The van der Waals surface area contributed by atoms with Crippen molar-refractivity contribution in [1.82, 2.24) is 0 Å². The van der Waals surface area contributed by atoms with Crippen molar-refractivity contribution in [2.45, 2.75) is 44.6 Å². The van der Waals surface area contributed by atoms with E-state index in [-0.39, 0.29) is 0 Å². The Morgan fingerprint density at radius 2 is 1.69 bits per heavy atom. The molecule has 1 heterocycles. The van der Waals surface area contributed by atoms with E-state index >= 15 is 0 Å². The predicted molar refractivity (Wildman–Crippen MR) is 59.3 cm³/mol. The van der Waals surface area contributed by atoms with Crippen LogP contribution in [-0.4, -0.2) is 38.0 Å². The Kier molecular flexibility index (Phi) is 7.01. The van der Waals surface area contributed by atoms with Crippen molar-refractivity contribution in [2.75, 3.05) is 19.8 Å². The number of ether oxygens (including phenoxy) is 2. The molecule has 1 fully saturated rings. The fraction of sp³-hybridized carbons (Fsp3) is 0.833. The van der Waals surface area contributed by atoms with Crippen LogP contribution in [0.4, 0.5) is 0 Å². The van der Waals surface area contributed by atoms with Crippen molar-refractivity contribution in [3.8, 4) is 0 Å². The van der Waals surface area contributed by atoms with Crippen LogP contribution in [0.25, 0.3) is 0 Å². The highest BCUT2D eigenvalue weighted by Gasteiger charge is 2.17. The molecule has 1 aliphatic heterocycles. The van der Waals surface area contributed by atoms with Crippen LogP contribution in [0.3, 0.4) is 0 Å². The maximum absolute atomic E-state index is 11.3. The number of carbonyl (C=O) groups excluding carboxylic acids is 2. The highest BCUT2D eigenvalue weighted by molar-refractivity contribution is 6.27. The third-order valence-corrected chi connectivity index (χ3v) is 2.69. The average molecular weight is 228 g/mol. The van der Waals surface area contributed by atoms with E-state index in [0.29, 0.717) is 19.3 Å². The normalized spacial score (nSPS) is 25.1. The number of hydrogen-bond donors (Lipinski definition) is 0. The third kappa shape index (κ3) is 5.37. The van der Waals surface area contributed by atoms with Crippen molar-refractivity contribution < 1.29 is 19.1 Å². The lowest BCUT2D eigenvalue weighted by molar-refractivity contribution is -0.138. The summed E-state index contributed by atoms with van der Waals surface area (Å²) in [5.74, 6) is -0.423. The predicted octanol–water partition coefficient (Wildman–Crippen LogP) is 1.51. The molecule has 0 N–H and O–H groups in total. The second-order valence-electron chi connectivity index (χ2n) is 4.05. The van der Waals surface area contributed by atoms with Crippen LogP contribution in [0.5, 0.6) is 0 Å². The molecule has 4 heteroatoms. The second kappa shape index (κ2) is 8.42. The molecule has 1 unspecified atom stereocenters. The van der Waals surface area contributed by atoms with Gasteiger partial charge in [-0.15, -0.1) is 0 Å². The number of hydrogen-bond acceptors (Lipinski definition) is 4. The first-order chi connectivity index (χ1) is 7.84. The number of aldehydes is 1. The van der Waals surface area contributed by atoms with Gasteiger partial charge in [-0.3, -0.25) is 9.59 Å². The van der Waals surface area contributed by atoms with E-state index in [2.05, 4.69) is 0 Å². The minimum absolute atomic E-state index is 0.375. The summed E-state index contributed by atoms with van der Waals surface area (Å²) in [5.41, 5.74) is 0. The highest BCUT2D eigenvalue weighted by Crippen LogP contribution is 2.10. The van der Waals surface area contributed by atoms with Crippen molar-refractivity contribution in [3.05, 3.63) is 0 Å². The van der Waals surface area contributed by atoms with Crippen LogP contribution in [0.15, 0.2) is 0 Å². The van der Waals surface area contributed by atoms with E-state index < -0.39 is 11.9 Å². The number of ketones is 1. The molecule has 0 saturated carbocycles. The van der Waals surface area contributed by atoms with Gasteiger partial charge in [0.1, 0.15) is 6.10 Å². The number of carbonyl (C=O) groups is 2. The van der Waals surface area contributed by atoms with E-state index in [0.717, 1.165) is 45.3 Å².